The van der Waals surface area contributed by atoms with Crippen LogP contribution in [0.25, 0.3) is 0 Å². The standard InChI is InChI=1S/C15H20N4O2/c16-11-12-1-3-13(4-2-12)14(15(17)21)19-7-5-18(6-8-19)9-10-20/h1-4,14,20H,5-10H2,(H2,17,21). The molecule has 1 unspecified atom stereocenters. The summed E-state index contributed by atoms with van der Waals surface area (Å²) in [5, 5.41) is 17.8. The molecule has 2 rings (SSSR count). The number of hydrogen-bond donors (Lipinski definition) is 2. The summed E-state index contributed by atoms with van der Waals surface area (Å²) in [6.07, 6.45) is 0. The maximum atomic E-state index is 11.8. The van der Waals surface area contributed by atoms with Crippen molar-refractivity contribution in [2.24, 2.45) is 5.73 Å². The van der Waals surface area contributed by atoms with Crippen LogP contribution in [-0.2, 0) is 4.79 Å². The Morgan fingerprint density at radius 2 is 1.90 bits per heavy atom. The van der Waals surface area contributed by atoms with Crippen LogP contribution in [0.4, 0.5) is 0 Å². The molecule has 1 atom stereocenters. The Morgan fingerprint density at radius 3 is 2.38 bits per heavy atom. The highest BCUT2D eigenvalue weighted by Gasteiger charge is 2.28. The summed E-state index contributed by atoms with van der Waals surface area (Å²) >= 11 is 0. The molecule has 0 aromatic heterocycles. The molecule has 3 N–H and O–H groups in total. The van der Waals surface area contributed by atoms with Gasteiger partial charge in [0.25, 0.3) is 0 Å². The molecule has 1 heterocycles. The molecule has 6 nitrogen and oxygen atoms in total. The highest BCUT2D eigenvalue weighted by Crippen LogP contribution is 2.22. The van der Waals surface area contributed by atoms with E-state index in [1.807, 2.05) is 0 Å². The first-order chi connectivity index (χ1) is 10.2. The van der Waals surface area contributed by atoms with E-state index in [4.69, 9.17) is 16.1 Å². The monoisotopic (exact) mass is 288 g/mol. The Morgan fingerprint density at radius 1 is 1.29 bits per heavy atom. The highest BCUT2D eigenvalue weighted by atomic mass is 16.3. The number of aliphatic hydroxyl groups is 1. The van der Waals surface area contributed by atoms with Crippen molar-refractivity contribution in [2.45, 2.75) is 6.04 Å². The second-order valence-corrected chi connectivity index (χ2v) is 5.14. The first-order valence-corrected chi connectivity index (χ1v) is 7.02. The summed E-state index contributed by atoms with van der Waals surface area (Å²) in [5.41, 5.74) is 6.95. The third kappa shape index (κ3) is 3.79. The summed E-state index contributed by atoms with van der Waals surface area (Å²) in [6.45, 7) is 3.88. The molecule has 0 aliphatic carbocycles. The second-order valence-electron chi connectivity index (χ2n) is 5.14. The minimum atomic E-state index is -0.464. The van der Waals surface area contributed by atoms with Gasteiger partial charge < -0.3 is 10.8 Å². The fourth-order valence-corrected chi connectivity index (χ4v) is 2.68. The van der Waals surface area contributed by atoms with Crippen molar-refractivity contribution in [1.29, 1.82) is 5.26 Å². The molecule has 1 aromatic rings. The lowest BCUT2D eigenvalue weighted by molar-refractivity contribution is -0.124. The predicted molar refractivity (Wildman–Crippen MR) is 78.2 cm³/mol. The van der Waals surface area contributed by atoms with E-state index in [9.17, 15) is 4.79 Å². The van der Waals surface area contributed by atoms with E-state index >= 15 is 0 Å². The molecule has 1 aliphatic rings. The van der Waals surface area contributed by atoms with E-state index in [0.29, 0.717) is 12.1 Å². The SMILES string of the molecule is N#Cc1ccc(C(C(N)=O)N2CCN(CCO)CC2)cc1. The third-order valence-electron chi connectivity index (χ3n) is 3.81. The molecule has 0 bridgehead atoms. The van der Waals surface area contributed by atoms with Gasteiger partial charge in [-0.25, -0.2) is 0 Å². The summed E-state index contributed by atoms with van der Waals surface area (Å²) in [5.74, 6) is -0.379. The number of hydrogen-bond acceptors (Lipinski definition) is 5. The summed E-state index contributed by atoms with van der Waals surface area (Å²) in [4.78, 5) is 16.0. The molecular formula is C15H20N4O2. The molecule has 6 heteroatoms. The number of nitrogens with two attached hydrogens (primary N) is 1. The van der Waals surface area contributed by atoms with Gasteiger partial charge in [-0.15, -0.1) is 0 Å². The van der Waals surface area contributed by atoms with Gasteiger partial charge in [0, 0.05) is 32.7 Å². The second kappa shape index (κ2) is 7.18. The van der Waals surface area contributed by atoms with Gasteiger partial charge >= 0.3 is 0 Å². The van der Waals surface area contributed by atoms with E-state index in [1.54, 1.807) is 24.3 Å². The lowest BCUT2D eigenvalue weighted by Gasteiger charge is -2.38. The van der Waals surface area contributed by atoms with Gasteiger partial charge in [-0.2, -0.15) is 5.26 Å². The predicted octanol–water partition coefficient (Wildman–Crippen LogP) is -0.305. The van der Waals surface area contributed by atoms with Crippen LogP contribution in [0.2, 0.25) is 0 Å². The van der Waals surface area contributed by atoms with Crippen LogP contribution < -0.4 is 5.73 Å². The molecule has 0 spiro atoms. The van der Waals surface area contributed by atoms with Gasteiger partial charge in [-0.3, -0.25) is 14.6 Å². The van der Waals surface area contributed by atoms with E-state index in [0.717, 1.165) is 31.7 Å². The van der Waals surface area contributed by atoms with E-state index in [-0.39, 0.29) is 12.5 Å². The van der Waals surface area contributed by atoms with Crippen LogP contribution in [0.15, 0.2) is 24.3 Å². The largest absolute Gasteiger partial charge is 0.395 e. The van der Waals surface area contributed by atoms with Crippen LogP contribution >= 0.6 is 0 Å². The van der Waals surface area contributed by atoms with Gasteiger partial charge in [-0.1, -0.05) is 12.1 Å². The van der Waals surface area contributed by atoms with Crippen molar-refractivity contribution in [3.05, 3.63) is 35.4 Å². The quantitative estimate of drug-likeness (QED) is 0.775. The smallest absolute Gasteiger partial charge is 0.239 e. The fourth-order valence-electron chi connectivity index (χ4n) is 2.68. The van der Waals surface area contributed by atoms with Crippen molar-refractivity contribution in [3.63, 3.8) is 0 Å². The van der Waals surface area contributed by atoms with Crippen LogP contribution in [0.3, 0.4) is 0 Å². The van der Waals surface area contributed by atoms with Crippen molar-refractivity contribution in [3.8, 4) is 6.07 Å². The van der Waals surface area contributed by atoms with Crippen LogP contribution in [0.5, 0.6) is 0 Å². The van der Waals surface area contributed by atoms with Crippen molar-refractivity contribution < 1.29 is 9.90 Å². The number of rotatable bonds is 5. The van der Waals surface area contributed by atoms with E-state index in [1.165, 1.54) is 0 Å². The summed E-state index contributed by atoms with van der Waals surface area (Å²) < 4.78 is 0. The number of benzene rings is 1. The van der Waals surface area contributed by atoms with Crippen molar-refractivity contribution in [2.75, 3.05) is 39.3 Å². The third-order valence-corrected chi connectivity index (χ3v) is 3.81. The zero-order valence-electron chi connectivity index (χ0n) is 11.9. The maximum absolute atomic E-state index is 11.8. The normalized spacial score (nSPS) is 18.1. The Kier molecular flexibility index (Phi) is 5.28. The maximum Gasteiger partial charge on any atom is 0.239 e. The number of piperazine rings is 1. The van der Waals surface area contributed by atoms with Gasteiger partial charge in [0.05, 0.1) is 18.2 Å². The minimum Gasteiger partial charge on any atom is -0.395 e. The van der Waals surface area contributed by atoms with E-state index < -0.39 is 6.04 Å². The molecule has 1 amide bonds. The lowest BCUT2D eigenvalue weighted by Crippen LogP contribution is -2.50. The Hall–Kier alpha value is -1.94. The summed E-state index contributed by atoms with van der Waals surface area (Å²) in [6, 6.07) is 8.57. The van der Waals surface area contributed by atoms with Crippen LogP contribution in [-0.4, -0.2) is 60.1 Å². The van der Waals surface area contributed by atoms with Gasteiger partial charge in [-0.05, 0) is 17.7 Å². The van der Waals surface area contributed by atoms with Gasteiger partial charge in [0.2, 0.25) is 5.91 Å². The number of amides is 1. The molecule has 0 radical (unpaired) electrons. The summed E-state index contributed by atoms with van der Waals surface area (Å²) in [7, 11) is 0. The Balaban J connectivity index is 2.09. The number of aliphatic hydroxyl groups excluding tert-OH is 1. The Bertz CT molecular complexity index is 515. The number of carbonyl (C=O) groups is 1. The van der Waals surface area contributed by atoms with E-state index in [2.05, 4.69) is 15.9 Å². The average Bonchev–Trinajstić information content (AvgIpc) is 2.50. The molecule has 1 aromatic carbocycles. The molecule has 1 fully saturated rings. The van der Waals surface area contributed by atoms with Crippen LogP contribution in [0.1, 0.15) is 17.2 Å². The fraction of sp³-hybridized carbons (Fsp3) is 0.467. The van der Waals surface area contributed by atoms with Crippen LogP contribution in [0, 0.1) is 11.3 Å². The first kappa shape index (κ1) is 15.4. The average molecular weight is 288 g/mol. The first-order valence-electron chi connectivity index (χ1n) is 7.02. The lowest BCUT2D eigenvalue weighted by atomic mass is 10.0. The number of β-amino-alcohol motifs (C(OH)–C–C–N with tert-alkyl or cyclic N) is 1. The molecule has 21 heavy (non-hydrogen) atoms. The van der Waals surface area contributed by atoms with Crippen molar-refractivity contribution in [1.82, 2.24) is 9.80 Å². The number of nitriles is 1. The molecular weight excluding hydrogens is 268 g/mol. The topological polar surface area (TPSA) is 93.6 Å². The molecule has 1 aliphatic heterocycles. The highest BCUT2D eigenvalue weighted by molar-refractivity contribution is 5.81. The molecule has 112 valence electrons. The Labute approximate surface area is 124 Å². The number of carbonyl (C=O) groups excluding carboxylic acids is 1. The molecule has 1 saturated heterocycles. The number of nitrogens with zero attached hydrogens (tertiary/aromatic N) is 3. The number of primary amides is 1. The molecule has 0 saturated carbocycles. The zero-order chi connectivity index (χ0) is 15.2. The zero-order valence-corrected chi connectivity index (χ0v) is 11.9. The van der Waals surface area contributed by atoms with Crippen molar-refractivity contribution >= 4 is 5.91 Å². The van der Waals surface area contributed by atoms with Gasteiger partial charge in [0.1, 0.15) is 6.04 Å². The minimum absolute atomic E-state index is 0.148. The van der Waals surface area contributed by atoms with Gasteiger partial charge in [0.15, 0.2) is 0 Å².